The highest BCUT2D eigenvalue weighted by Crippen LogP contribution is 2.11. The van der Waals surface area contributed by atoms with Gasteiger partial charge in [0.05, 0.1) is 6.21 Å². The molecule has 0 aliphatic rings. The van der Waals surface area contributed by atoms with Crippen LogP contribution in [-0.4, -0.2) is 18.0 Å². The van der Waals surface area contributed by atoms with Crippen molar-refractivity contribution in [2.75, 3.05) is 5.32 Å². The zero-order chi connectivity index (χ0) is 17.4. The van der Waals surface area contributed by atoms with Crippen molar-refractivity contribution in [1.82, 2.24) is 5.43 Å². The Bertz CT molecular complexity index is 731. The molecule has 0 unspecified atom stereocenters. The van der Waals surface area contributed by atoms with Gasteiger partial charge < -0.3 is 5.32 Å². The standard InChI is InChI=1S/C17H15FIN3O2/c18-13-3-1-12(2-4-13)11-20-22-17(24)10-9-16(23)21-15-7-5-14(19)6-8-15/h1-8,11H,9-10H2,(H,21,23)(H,22,24)/b20-11-. The Hall–Kier alpha value is -2.29. The van der Waals surface area contributed by atoms with Crippen LogP contribution in [0.1, 0.15) is 18.4 Å². The first-order chi connectivity index (χ1) is 11.5. The van der Waals surface area contributed by atoms with Gasteiger partial charge in [-0.2, -0.15) is 5.10 Å². The minimum Gasteiger partial charge on any atom is -0.326 e. The Morgan fingerprint density at radius 1 is 1.00 bits per heavy atom. The Morgan fingerprint density at radius 3 is 2.29 bits per heavy atom. The molecule has 124 valence electrons. The van der Waals surface area contributed by atoms with Crippen LogP contribution in [-0.2, 0) is 9.59 Å². The molecule has 2 aromatic rings. The highest BCUT2D eigenvalue weighted by atomic mass is 127. The number of hydrazone groups is 1. The molecule has 0 saturated heterocycles. The van der Waals surface area contributed by atoms with Crippen LogP contribution in [0, 0.1) is 9.39 Å². The number of carbonyl (C=O) groups is 2. The van der Waals surface area contributed by atoms with E-state index in [1.165, 1.54) is 18.3 Å². The van der Waals surface area contributed by atoms with Crippen molar-refractivity contribution in [3.63, 3.8) is 0 Å². The van der Waals surface area contributed by atoms with Crippen LogP contribution in [0.4, 0.5) is 10.1 Å². The van der Waals surface area contributed by atoms with Gasteiger partial charge in [-0.3, -0.25) is 9.59 Å². The molecule has 0 saturated carbocycles. The fourth-order valence-electron chi connectivity index (χ4n) is 1.77. The lowest BCUT2D eigenvalue weighted by Gasteiger charge is -2.04. The Morgan fingerprint density at radius 2 is 1.62 bits per heavy atom. The van der Waals surface area contributed by atoms with Crippen molar-refractivity contribution >= 4 is 46.3 Å². The summed E-state index contributed by atoms with van der Waals surface area (Å²) in [6.45, 7) is 0. The van der Waals surface area contributed by atoms with E-state index in [1.54, 1.807) is 24.3 Å². The minimum atomic E-state index is -0.369. The van der Waals surface area contributed by atoms with E-state index >= 15 is 0 Å². The molecule has 2 N–H and O–H groups in total. The first kappa shape index (κ1) is 18.1. The largest absolute Gasteiger partial charge is 0.326 e. The molecular formula is C17H15FIN3O2. The Labute approximate surface area is 152 Å². The third-order valence-corrected chi connectivity index (χ3v) is 3.70. The molecule has 0 fully saturated rings. The molecule has 2 amide bonds. The average molecular weight is 439 g/mol. The normalized spacial score (nSPS) is 10.6. The fourth-order valence-corrected chi connectivity index (χ4v) is 2.13. The van der Waals surface area contributed by atoms with Crippen LogP contribution < -0.4 is 10.7 Å². The minimum absolute atomic E-state index is 0.0248. The van der Waals surface area contributed by atoms with E-state index in [0.717, 1.165) is 3.57 Å². The van der Waals surface area contributed by atoms with Crippen LogP contribution in [0.2, 0.25) is 0 Å². The number of benzene rings is 2. The highest BCUT2D eigenvalue weighted by molar-refractivity contribution is 14.1. The van der Waals surface area contributed by atoms with Crippen molar-refractivity contribution in [2.24, 2.45) is 5.10 Å². The van der Waals surface area contributed by atoms with E-state index < -0.39 is 0 Å². The topological polar surface area (TPSA) is 70.6 Å². The molecule has 2 aromatic carbocycles. The number of nitrogens with zero attached hydrogens (tertiary/aromatic N) is 1. The van der Waals surface area contributed by atoms with E-state index in [9.17, 15) is 14.0 Å². The average Bonchev–Trinajstić information content (AvgIpc) is 2.57. The summed E-state index contributed by atoms with van der Waals surface area (Å²) in [5.74, 6) is -0.949. The molecule has 2 rings (SSSR count). The van der Waals surface area contributed by atoms with Crippen molar-refractivity contribution in [1.29, 1.82) is 0 Å². The van der Waals surface area contributed by atoms with E-state index in [1.807, 2.05) is 12.1 Å². The third kappa shape index (κ3) is 6.45. The third-order valence-electron chi connectivity index (χ3n) is 2.98. The summed E-state index contributed by atoms with van der Waals surface area (Å²) in [5.41, 5.74) is 3.68. The maximum Gasteiger partial charge on any atom is 0.240 e. The Balaban J connectivity index is 1.71. The van der Waals surface area contributed by atoms with Gasteiger partial charge in [-0.15, -0.1) is 0 Å². The lowest BCUT2D eigenvalue weighted by Crippen LogP contribution is -2.20. The number of carbonyl (C=O) groups excluding carboxylic acids is 2. The second-order valence-electron chi connectivity index (χ2n) is 4.90. The van der Waals surface area contributed by atoms with Crippen molar-refractivity contribution in [2.45, 2.75) is 12.8 Å². The number of amides is 2. The zero-order valence-electron chi connectivity index (χ0n) is 12.6. The molecule has 7 heteroatoms. The SMILES string of the molecule is O=C(CCC(=O)Nc1ccc(I)cc1)N/N=C\c1ccc(F)cc1. The second kappa shape index (κ2) is 9.11. The van der Waals surface area contributed by atoms with Crippen molar-refractivity contribution in [3.05, 3.63) is 63.5 Å². The smallest absolute Gasteiger partial charge is 0.240 e. The van der Waals surface area contributed by atoms with Gasteiger partial charge in [-0.05, 0) is 64.6 Å². The second-order valence-corrected chi connectivity index (χ2v) is 6.15. The predicted molar refractivity (Wildman–Crippen MR) is 99.2 cm³/mol. The molecule has 0 spiro atoms. The van der Waals surface area contributed by atoms with Gasteiger partial charge in [0.2, 0.25) is 11.8 Å². The van der Waals surface area contributed by atoms with E-state index in [-0.39, 0.29) is 30.5 Å². The lowest BCUT2D eigenvalue weighted by atomic mass is 10.2. The number of hydrogen-bond acceptors (Lipinski definition) is 3. The monoisotopic (exact) mass is 439 g/mol. The van der Waals surface area contributed by atoms with E-state index in [4.69, 9.17) is 0 Å². The quantitative estimate of drug-likeness (QED) is 0.412. The Kier molecular flexibility index (Phi) is 6.86. The lowest BCUT2D eigenvalue weighted by molar-refractivity contribution is -0.124. The van der Waals surface area contributed by atoms with Gasteiger partial charge in [0.1, 0.15) is 5.82 Å². The molecule has 0 bridgehead atoms. The van der Waals surface area contributed by atoms with Crippen LogP contribution in [0.5, 0.6) is 0 Å². The molecule has 0 heterocycles. The van der Waals surface area contributed by atoms with Gasteiger partial charge in [-0.25, -0.2) is 9.82 Å². The van der Waals surface area contributed by atoms with E-state index in [2.05, 4.69) is 38.4 Å². The summed E-state index contributed by atoms with van der Waals surface area (Å²) in [7, 11) is 0. The summed E-state index contributed by atoms with van der Waals surface area (Å²) in [5, 5.41) is 6.48. The van der Waals surface area contributed by atoms with Crippen LogP contribution >= 0.6 is 22.6 Å². The maximum absolute atomic E-state index is 12.7. The summed E-state index contributed by atoms with van der Waals surface area (Å²) in [6, 6.07) is 13.1. The van der Waals surface area contributed by atoms with Gasteiger partial charge in [0, 0.05) is 22.1 Å². The van der Waals surface area contributed by atoms with Gasteiger partial charge in [0.25, 0.3) is 0 Å². The molecule has 5 nitrogen and oxygen atoms in total. The highest BCUT2D eigenvalue weighted by Gasteiger charge is 2.06. The molecule has 0 aromatic heterocycles. The fraction of sp³-hybridized carbons (Fsp3) is 0.118. The van der Waals surface area contributed by atoms with E-state index in [0.29, 0.717) is 11.3 Å². The summed E-state index contributed by atoms with van der Waals surface area (Å²) < 4.78 is 13.8. The molecule has 0 aliphatic carbocycles. The van der Waals surface area contributed by atoms with Crippen LogP contribution in [0.15, 0.2) is 53.6 Å². The van der Waals surface area contributed by atoms with Gasteiger partial charge in [-0.1, -0.05) is 12.1 Å². The molecule has 24 heavy (non-hydrogen) atoms. The molecule has 0 aliphatic heterocycles. The number of hydrogen-bond donors (Lipinski definition) is 2. The predicted octanol–water partition coefficient (Wildman–Crippen LogP) is 3.30. The maximum atomic E-state index is 12.7. The number of rotatable bonds is 6. The molecule has 0 radical (unpaired) electrons. The summed E-state index contributed by atoms with van der Waals surface area (Å²) in [4.78, 5) is 23.4. The first-order valence-corrected chi connectivity index (χ1v) is 8.24. The first-order valence-electron chi connectivity index (χ1n) is 7.16. The summed E-state index contributed by atoms with van der Waals surface area (Å²) in [6.07, 6.45) is 1.49. The van der Waals surface area contributed by atoms with Crippen LogP contribution in [0.3, 0.4) is 0 Å². The van der Waals surface area contributed by atoms with Crippen molar-refractivity contribution in [3.8, 4) is 0 Å². The number of anilines is 1. The van der Waals surface area contributed by atoms with Gasteiger partial charge in [0.15, 0.2) is 0 Å². The van der Waals surface area contributed by atoms with Gasteiger partial charge >= 0.3 is 0 Å². The molecular weight excluding hydrogens is 424 g/mol. The number of nitrogens with one attached hydrogen (secondary N) is 2. The van der Waals surface area contributed by atoms with Crippen LogP contribution in [0.25, 0.3) is 0 Å². The molecule has 0 atom stereocenters. The zero-order valence-corrected chi connectivity index (χ0v) is 14.8. The van der Waals surface area contributed by atoms with Crippen molar-refractivity contribution < 1.29 is 14.0 Å². The summed E-state index contributed by atoms with van der Waals surface area (Å²) >= 11 is 2.18. The number of halogens is 2.